The maximum Gasteiger partial charge on any atom is 0.164 e. The minimum atomic E-state index is -0.624. The van der Waals surface area contributed by atoms with E-state index in [-0.39, 0.29) is 114 Å². The van der Waals surface area contributed by atoms with Gasteiger partial charge in [-0.1, -0.05) is 115 Å². The molecule has 0 aliphatic carbocycles. The molecule has 0 unspecified atom stereocenters. The number of para-hydroxylation sites is 2. The normalized spacial score (nSPS) is 15.8. The van der Waals surface area contributed by atoms with Crippen molar-refractivity contribution in [1.82, 2.24) is 15.0 Å². The van der Waals surface area contributed by atoms with Gasteiger partial charge in [-0.2, -0.15) is 0 Å². The quantitative estimate of drug-likeness (QED) is 0.194. The summed E-state index contributed by atoms with van der Waals surface area (Å²) in [6.45, 7) is 0. The Morgan fingerprint density at radius 3 is 1.96 bits per heavy atom. The Morgan fingerprint density at radius 1 is 0.438 bits per heavy atom. The molecule has 224 valence electrons. The average molecular weight is 630 g/mol. The number of rotatable bonds is 4. The van der Waals surface area contributed by atoms with Crippen molar-refractivity contribution in [1.29, 1.82) is 0 Å². The summed E-state index contributed by atoms with van der Waals surface area (Å²) >= 11 is 0. The smallest absolute Gasteiger partial charge is 0.164 e. The van der Waals surface area contributed by atoms with Gasteiger partial charge in [0, 0.05) is 43.8 Å². The van der Waals surface area contributed by atoms with Gasteiger partial charge in [-0.05, 0) is 52.6 Å². The van der Waals surface area contributed by atoms with Crippen LogP contribution in [0.25, 0.3) is 99.9 Å². The largest absolute Gasteiger partial charge is 0.456 e. The van der Waals surface area contributed by atoms with Crippen molar-refractivity contribution >= 4 is 54.6 Å². The summed E-state index contributed by atoms with van der Waals surface area (Å²) in [6, 6.07) is 12.0. The van der Waals surface area contributed by atoms with E-state index in [9.17, 15) is 1.37 Å². The predicted molar refractivity (Wildman–Crippen MR) is 194 cm³/mol. The van der Waals surface area contributed by atoms with E-state index in [2.05, 4.69) is 9.97 Å². The topological polar surface area (TPSA) is 65.0 Å². The van der Waals surface area contributed by atoms with Crippen LogP contribution in [-0.4, -0.2) is 15.0 Å². The highest BCUT2D eigenvalue weighted by Gasteiger charge is 2.22. The van der Waals surface area contributed by atoms with Crippen LogP contribution >= 0.6 is 0 Å². The molecule has 0 atom stereocenters. The third-order valence-electron chi connectivity index (χ3n) is 8.23. The number of benzene rings is 7. The van der Waals surface area contributed by atoms with E-state index in [0.29, 0.717) is 5.56 Å². The van der Waals surface area contributed by atoms with Crippen LogP contribution in [0.2, 0.25) is 0 Å². The summed E-state index contributed by atoms with van der Waals surface area (Å²) in [6.07, 6.45) is 0. The molecule has 0 saturated carbocycles. The monoisotopic (exact) mass is 629 g/mol. The highest BCUT2D eigenvalue weighted by Crippen LogP contribution is 2.44. The fourth-order valence-electron chi connectivity index (χ4n) is 6.08. The van der Waals surface area contributed by atoms with Gasteiger partial charge >= 0.3 is 0 Å². The van der Waals surface area contributed by atoms with Crippen LogP contribution in [0, 0.1) is 0 Å². The van der Waals surface area contributed by atoms with Crippen LogP contribution in [0.5, 0.6) is 0 Å². The minimum Gasteiger partial charge on any atom is -0.456 e. The van der Waals surface area contributed by atoms with Crippen LogP contribution in [0.4, 0.5) is 0 Å². The number of nitrogens with zero attached hydrogens (tertiary/aromatic N) is 3. The molecule has 10 rings (SSSR count). The molecule has 10 aromatic rings. The van der Waals surface area contributed by atoms with Gasteiger partial charge in [0.15, 0.2) is 17.5 Å². The Morgan fingerprint density at radius 2 is 1.12 bits per heavy atom. The summed E-state index contributed by atoms with van der Waals surface area (Å²) in [4.78, 5) is 14.2. The maximum absolute atomic E-state index is 9.69. The van der Waals surface area contributed by atoms with Gasteiger partial charge in [-0.15, -0.1) is 0 Å². The Hall–Kier alpha value is -6.59. The molecule has 3 aromatic heterocycles. The van der Waals surface area contributed by atoms with Crippen LogP contribution in [0.1, 0.15) is 19.2 Å². The fraction of sp³-hybridized carbons (Fsp3) is 0. The number of aromatic nitrogens is 3. The summed E-state index contributed by atoms with van der Waals surface area (Å²) in [5.41, 5.74) is 0.0306. The molecule has 0 aliphatic heterocycles. The molecule has 5 heteroatoms. The third-order valence-corrected chi connectivity index (χ3v) is 8.23. The molecular formula is C43H25N3O2. The number of hydrogen-bond donors (Lipinski definition) is 0. The zero-order valence-corrected chi connectivity index (χ0v) is 24.5. The van der Waals surface area contributed by atoms with Crippen molar-refractivity contribution in [3.05, 3.63) is 151 Å². The Balaban J connectivity index is 1.36. The van der Waals surface area contributed by atoms with Gasteiger partial charge in [-0.3, -0.25) is 0 Å². The lowest BCUT2D eigenvalue weighted by Gasteiger charge is -2.11. The second-order valence-electron chi connectivity index (χ2n) is 10.9. The molecule has 3 heterocycles. The van der Waals surface area contributed by atoms with Crippen LogP contribution in [-0.2, 0) is 0 Å². The van der Waals surface area contributed by atoms with E-state index in [1.54, 1.807) is 6.07 Å². The van der Waals surface area contributed by atoms with Gasteiger partial charge in [0.1, 0.15) is 22.3 Å². The van der Waals surface area contributed by atoms with Gasteiger partial charge in [0.2, 0.25) is 0 Å². The molecule has 0 radical (unpaired) electrons. The van der Waals surface area contributed by atoms with E-state index < -0.39 is 54.4 Å². The number of hydrogen-bond acceptors (Lipinski definition) is 5. The maximum atomic E-state index is 9.69. The summed E-state index contributed by atoms with van der Waals surface area (Å²) < 4.78 is 133. The van der Waals surface area contributed by atoms with Crippen molar-refractivity contribution in [3.63, 3.8) is 0 Å². The first-order valence-corrected chi connectivity index (χ1v) is 14.8. The summed E-state index contributed by atoms with van der Waals surface area (Å²) in [5.74, 6) is -0.493. The SMILES string of the molecule is [2H]c1cc2c(oc3c([2H])c([2H])cc(-c4cc([2H])c(-c5nc(-c6ccc7ccccc7c6)nc(-c6c([2H])c([2H])c([2H])c([2H])c6[2H])n5)c5c4oc4c([2H])c([2H])c([2H])cc45)c32)c([2H])c1[2H]. The van der Waals surface area contributed by atoms with E-state index in [4.69, 9.17) is 31.6 Å². The van der Waals surface area contributed by atoms with Crippen LogP contribution in [0.15, 0.2) is 160 Å². The van der Waals surface area contributed by atoms with Gasteiger partial charge in [-0.25, -0.2) is 15.0 Å². The molecule has 0 saturated heterocycles. The Bertz CT molecular complexity index is 3630. The Labute approximate surface area is 294 Å². The average Bonchev–Trinajstić information content (AvgIpc) is 3.83. The molecule has 0 aliphatic rings. The number of furan rings is 2. The molecule has 48 heavy (non-hydrogen) atoms. The summed E-state index contributed by atoms with van der Waals surface area (Å²) in [7, 11) is 0. The lowest BCUT2D eigenvalue weighted by molar-refractivity contribution is 0.668. The van der Waals surface area contributed by atoms with Crippen molar-refractivity contribution in [2.24, 2.45) is 0 Å². The molecule has 0 N–H and O–H groups in total. The zero-order valence-electron chi connectivity index (χ0n) is 38.5. The molecule has 7 aromatic carbocycles. The lowest BCUT2D eigenvalue weighted by Crippen LogP contribution is -2.00. The lowest BCUT2D eigenvalue weighted by atomic mass is 9.95. The molecule has 0 fully saturated rings. The van der Waals surface area contributed by atoms with Crippen molar-refractivity contribution < 1.29 is 28.0 Å². The fourth-order valence-corrected chi connectivity index (χ4v) is 6.08. The van der Waals surface area contributed by atoms with Crippen molar-refractivity contribution in [3.8, 4) is 45.3 Å². The second kappa shape index (κ2) is 10.5. The zero-order chi connectivity index (χ0) is 43.8. The molecular weight excluding hydrogens is 590 g/mol. The third kappa shape index (κ3) is 4.15. The highest BCUT2D eigenvalue weighted by atomic mass is 16.3. The van der Waals surface area contributed by atoms with Crippen molar-refractivity contribution in [2.45, 2.75) is 0 Å². The summed E-state index contributed by atoms with van der Waals surface area (Å²) in [5, 5.41) is 2.31. The van der Waals surface area contributed by atoms with Gasteiger partial charge in [0.05, 0.1) is 19.2 Å². The Kier molecular flexibility index (Phi) is 3.56. The molecule has 5 nitrogen and oxygen atoms in total. The first-order valence-electron chi connectivity index (χ1n) is 21.8. The van der Waals surface area contributed by atoms with E-state index in [1.807, 2.05) is 36.4 Å². The second-order valence-corrected chi connectivity index (χ2v) is 10.9. The first kappa shape index (κ1) is 16.3. The first-order chi connectivity index (χ1) is 29.5. The van der Waals surface area contributed by atoms with Crippen LogP contribution < -0.4 is 0 Å². The predicted octanol–water partition coefficient (Wildman–Crippen LogP) is 11.5. The standard InChI is InChI=1S/C43H25N3O2/c1-2-12-27(13-3-1)41-44-42(29-22-21-26-11-4-5-14-28(26)25-29)46-43(45-41)34-24-23-31(40-39(34)33-16-7-9-19-36(33)48-40)30-17-10-20-37-38(30)32-15-6-8-18-35(32)47-37/h1-25H/i1D,2D,3D,6D,7D,8D,9D,10D,12D,13D,18D,19D,20D,24D. The molecule has 0 bridgehead atoms. The molecule has 0 spiro atoms. The van der Waals surface area contributed by atoms with E-state index in [0.717, 1.165) is 10.8 Å². The van der Waals surface area contributed by atoms with E-state index in [1.165, 1.54) is 24.3 Å². The van der Waals surface area contributed by atoms with Crippen LogP contribution in [0.3, 0.4) is 0 Å². The van der Waals surface area contributed by atoms with Crippen molar-refractivity contribution in [2.75, 3.05) is 0 Å². The highest BCUT2D eigenvalue weighted by molar-refractivity contribution is 6.20. The van der Waals surface area contributed by atoms with Gasteiger partial charge in [0.25, 0.3) is 0 Å². The molecule has 0 amide bonds. The minimum absolute atomic E-state index is 0.0189. The number of fused-ring (bicyclic) bond motifs is 7. The van der Waals surface area contributed by atoms with E-state index >= 15 is 0 Å². The van der Waals surface area contributed by atoms with Gasteiger partial charge < -0.3 is 8.83 Å².